The van der Waals surface area contributed by atoms with Crippen LogP contribution in [0.1, 0.15) is 40.0 Å². The van der Waals surface area contributed by atoms with E-state index in [0.29, 0.717) is 13.0 Å². The minimum absolute atomic E-state index is 0.107. The van der Waals surface area contributed by atoms with Gasteiger partial charge in [-0.2, -0.15) is 0 Å². The lowest BCUT2D eigenvalue weighted by molar-refractivity contribution is -0.142. The number of alkyl carbamates (subject to hydrolysis) is 1. The van der Waals surface area contributed by atoms with E-state index in [9.17, 15) is 9.59 Å². The van der Waals surface area contributed by atoms with Gasteiger partial charge in [-0.3, -0.25) is 4.79 Å². The molecule has 1 amide bonds. The fraction of sp³-hybridized carbons (Fsp3) is 0.833. The molecular weight excluding hydrogens is 222 g/mol. The van der Waals surface area contributed by atoms with Crippen molar-refractivity contribution in [3.05, 3.63) is 0 Å². The number of ether oxygens (including phenoxy) is 2. The molecule has 0 spiro atoms. The van der Waals surface area contributed by atoms with Crippen molar-refractivity contribution >= 4 is 12.1 Å². The molecule has 5 nitrogen and oxygen atoms in total. The standard InChI is InChI=1S/C12H21NO4/c1-11(2,3)17-10(15)13-8-12(5-6-12)7-9(14)16-4/h5-8H2,1-4H3,(H,13,15). The molecular formula is C12H21NO4. The molecule has 98 valence electrons. The molecule has 1 fully saturated rings. The molecule has 0 aromatic heterocycles. The van der Waals surface area contributed by atoms with Crippen molar-refractivity contribution in [2.24, 2.45) is 5.41 Å². The monoisotopic (exact) mass is 243 g/mol. The summed E-state index contributed by atoms with van der Waals surface area (Å²) in [6.07, 6.45) is 1.81. The van der Waals surface area contributed by atoms with Crippen molar-refractivity contribution in [1.29, 1.82) is 0 Å². The van der Waals surface area contributed by atoms with Crippen LogP contribution in [0.25, 0.3) is 0 Å². The zero-order valence-electron chi connectivity index (χ0n) is 11.0. The highest BCUT2D eigenvalue weighted by molar-refractivity contribution is 5.71. The summed E-state index contributed by atoms with van der Waals surface area (Å²) in [7, 11) is 1.37. The molecule has 0 aromatic rings. The molecule has 1 aliphatic rings. The number of nitrogens with one attached hydrogen (secondary N) is 1. The van der Waals surface area contributed by atoms with E-state index < -0.39 is 11.7 Å². The first-order valence-electron chi connectivity index (χ1n) is 5.80. The van der Waals surface area contributed by atoms with Crippen LogP contribution in [0.5, 0.6) is 0 Å². The Bertz CT molecular complexity index is 302. The van der Waals surface area contributed by atoms with Crippen molar-refractivity contribution < 1.29 is 19.1 Å². The predicted molar refractivity (Wildman–Crippen MR) is 62.5 cm³/mol. The number of amides is 1. The van der Waals surface area contributed by atoms with Crippen LogP contribution in [0.15, 0.2) is 0 Å². The average Bonchev–Trinajstić information content (AvgIpc) is 2.93. The van der Waals surface area contributed by atoms with Crippen molar-refractivity contribution in [2.75, 3.05) is 13.7 Å². The number of rotatable bonds is 4. The molecule has 17 heavy (non-hydrogen) atoms. The normalized spacial score (nSPS) is 17.2. The van der Waals surface area contributed by atoms with Gasteiger partial charge >= 0.3 is 12.1 Å². The average molecular weight is 243 g/mol. The molecule has 0 atom stereocenters. The van der Waals surface area contributed by atoms with E-state index in [-0.39, 0.29) is 11.4 Å². The number of hydrogen-bond donors (Lipinski definition) is 1. The number of carbonyl (C=O) groups is 2. The first-order valence-corrected chi connectivity index (χ1v) is 5.80. The first-order chi connectivity index (χ1) is 7.76. The summed E-state index contributed by atoms with van der Waals surface area (Å²) in [4.78, 5) is 22.6. The fourth-order valence-electron chi connectivity index (χ4n) is 1.55. The van der Waals surface area contributed by atoms with E-state index >= 15 is 0 Å². The van der Waals surface area contributed by atoms with E-state index in [1.54, 1.807) is 0 Å². The van der Waals surface area contributed by atoms with Crippen molar-refractivity contribution in [1.82, 2.24) is 5.32 Å². The first kappa shape index (κ1) is 13.8. The summed E-state index contributed by atoms with van der Waals surface area (Å²) in [6, 6.07) is 0. The minimum atomic E-state index is -0.497. The Morgan fingerprint density at radius 3 is 2.29 bits per heavy atom. The molecule has 1 aliphatic carbocycles. The molecule has 1 saturated carbocycles. The Kier molecular flexibility index (Phi) is 4.01. The van der Waals surface area contributed by atoms with Gasteiger partial charge in [0.05, 0.1) is 13.5 Å². The maximum absolute atomic E-state index is 11.4. The predicted octanol–water partition coefficient (Wildman–Crippen LogP) is 1.85. The molecule has 0 radical (unpaired) electrons. The molecule has 0 aromatic carbocycles. The van der Waals surface area contributed by atoms with Gasteiger partial charge in [0, 0.05) is 6.54 Å². The smallest absolute Gasteiger partial charge is 0.407 e. The second-order valence-electron chi connectivity index (χ2n) is 5.61. The van der Waals surface area contributed by atoms with Gasteiger partial charge in [-0.1, -0.05) is 0 Å². The van der Waals surface area contributed by atoms with Gasteiger partial charge in [-0.25, -0.2) is 4.79 Å². The summed E-state index contributed by atoms with van der Waals surface area (Å²) in [5.74, 6) is -0.228. The van der Waals surface area contributed by atoms with E-state index in [1.807, 2.05) is 20.8 Å². The molecule has 5 heteroatoms. The lowest BCUT2D eigenvalue weighted by Gasteiger charge is -2.21. The number of methoxy groups -OCH3 is 1. The largest absolute Gasteiger partial charge is 0.469 e. The van der Waals surface area contributed by atoms with Gasteiger partial charge in [0.1, 0.15) is 5.60 Å². The van der Waals surface area contributed by atoms with Crippen LogP contribution in [0.3, 0.4) is 0 Å². The molecule has 1 N–H and O–H groups in total. The molecule has 0 saturated heterocycles. The zero-order valence-corrected chi connectivity index (χ0v) is 11.0. The topological polar surface area (TPSA) is 64.6 Å². The third kappa shape index (κ3) is 5.06. The number of carbonyl (C=O) groups excluding carboxylic acids is 2. The number of hydrogen-bond acceptors (Lipinski definition) is 4. The second-order valence-corrected chi connectivity index (χ2v) is 5.61. The summed E-state index contributed by atoms with van der Waals surface area (Å²) >= 11 is 0. The molecule has 1 rings (SSSR count). The Balaban J connectivity index is 2.31. The summed E-state index contributed by atoms with van der Waals surface area (Å²) in [5.41, 5.74) is -0.604. The zero-order chi connectivity index (χ0) is 13.1. The Morgan fingerprint density at radius 2 is 1.88 bits per heavy atom. The maximum Gasteiger partial charge on any atom is 0.407 e. The highest BCUT2D eigenvalue weighted by atomic mass is 16.6. The van der Waals surface area contributed by atoms with Gasteiger partial charge in [0.25, 0.3) is 0 Å². The Hall–Kier alpha value is -1.26. The van der Waals surface area contributed by atoms with E-state index in [2.05, 4.69) is 10.1 Å². The van der Waals surface area contributed by atoms with Crippen molar-refractivity contribution in [3.63, 3.8) is 0 Å². The van der Waals surface area contributed by atoms with Crippen LogP contribution in [-0.4, -0.2) is 31.3 Å². The van der Waals surface area contributed by atoms with Gasteiger partial charge in [0.2, 0.25) is 0 Å². The molecule has 0 heterocycles. The lowest BCUT2D eigenvalue weighted by Crippen LogP contribution is -2.36. The Labute approximate surface area is 102 Å². The van der Waals surface area contributed by atoms with Crippen LogP contribution in [0, 0.1) is 5.41 Å². The summed E-state index contributed by atoms with van der Waals surface area (Å²) in [5, 5.41) is 2.70. The van der Waals surface area contributed by atoms with Crippen LogP contribution in [0.2, 0.25) is 0 Å². The van der Waals surface area contributed by atoms with Crippen LogP contribution >= 0.6 is 0 Å². The SMILES string of the molecule is COC(=O)CC1(CNC(=O)OC(C)(C)C)CC1. The molecule has 0 unspecified atom stereocenters. The third-order valence-corrected chi connectivity index (χ3v) is 2.71. The second kappa shape index (κ2) is 4.94. The summed E-state index contributed by atoms with van der Waals surface area (Å²) in [6.45, 7) is 5.91. The van der Waals surface area contributed by atoms with E-state index in [0.717, 1.165) is 12.8 Å². The van der Waals surface area contributed by atoms with E-state index in [4.69, 9.17) is 4.74 Å². The van der Waals surface area contributed by atoms with Crippen LogP contribution < -0.4 is 5.32 Å². The third-order valence-electron chi connectivity index (χ3n) is 2.71. The van der Waals surface area contributed by atoms with Crippen LogP contribution in [-0.2, 0) is 14.3 Å². The highest BCUT2D eigenvalue weighted by Crippen LogP contribution is 2.48. The van der Waals surface area contributed by atoms with Gasteiger partial charge in [0.15, 0.2) is 0 Å². The van der Waals surface area contributed by atoms with Crippen LogP contribution in [0.4, 0.5) is 4.79 Å². The Morgan fingerprint density at radius 1 is 1.29 bits per heavy atom. The lowest BCUT2D eigenvalue weighted by atomic mass is 10.0. The fourth-order valence-corrected chi connectivity index (χ4v) is 1.55. The maximum atomic E-state index is 11.4. The summed E-state index contributed by atoms with van der Waals surface area (Å²) < 4.78 is 9.76. The van der Waals surface area contributed by atoms with E-state index in [1.165, 1.54) is 7.11 Å². The van der Waals surface area contributed by atoms with Gasteiger partial charge in [-0.05, 0) is 39.0 Å². The number of esters is 1. The highest BCUT2D eigenvalue weighted by Gasteiger charge is 2.45. The quantitative estimate of drug-likeness (QED) is 0.765. The van der Waals surface area contributed by atoms with Crippen molar-refractivity contribution in [2.45, 2.75) is 45.6 Å². The van der Waals surface area contributed by atoms with Crippen molar-refractivity contribution in [3.8, 4) is 0 Å². The minimum Gasteiger partial charge on any atom is -0.469 e. The molecule has 0 bridgehead atoms. The molecule has 0 aliphatic heterocycles. The van der Waals surface area contributed by atoms with Gasteiger partial charge in [-0.15, -0.1) is 0 Å². The van der Waals surface area contributed by atoms with Gasteiger partial charge < -0.3 is 14.8 Å².